The molecule has 2 atom stereocenters. The smallest absolute Gasteiger partial charge is 0.239 e. The first-order chi connectivity index (χ1) is 7.02. The van der Waals surface area contributed by atoms with Crippen molar-refractivity contribution in [3.8, 4) is 0 Å². The van der Waals surface area contributed by atoms with Crippen molar-refractivity contribution in [1.29, 1.82) is 0 Å². The van der Waals surface area contributed by atoms with Crippen LogP contribution in [0.4, 0.5) is 0 Å². The first-order valence-corrected chi connectivity index (χ1v) is 6.06. The van der Waals surface area contributed by atoms with Gasteiger partial charge < -0.3 is 10.6 Å². The van der Waals surface area contributed by atoms with E-state index in [-0.39, 0.29) is 30.3 Å². The lowest BCUT2D eigenvalue weighted by atomic mass is 10.0. The van der Waals surface area contributed by atoms with Crippen molar-refractivity contribution >= 4 is 18.3 Å². The van der Waals surface area contributed by atoms with Crippen LogP contribution in [0.15, 0.2) is 0 Å². The zero-order valence-corrected chi connectivity index (χ0v) is 11.4. The van der Waals surface area contributed by atoms with E-state index < -0.39 is 0 Å². The van der Waals surface area contributed by atoms with Crippen molar-refractivity contribution in [1.82, 2.24) is 4.90 Å². The van der Waals surface area contributed by atoms with Gasteiger partial charge in [0.05, 0.1) is 6.04 Å². The highest BCUT2D eigenvalue weighted by Crippen LogP contribution is 2.17. The molecule has 1 unspecified atom stereocenters. The minimum atomic E-state index is -0.321. The number of nitrogens with two attached hydrogens (primary N) is 1. The Hall–Kier alpha value is -0.280. The van der Waals surface area contributed by atoms with E-state index in [4.69, 9.17) is 5.73 Å². The largest absolute Gasteiger partial charge is 0.341 e. The highest BCUT2D eigenvalue weighted by atomic mass is 35.5. The van der Waals surface area contributed by atoms with Crippen molar-refractivity contribution in [3.05, 3.63) is 0 Å². The van der Waals surface area contributed by atoms with E-state index in [1.807, 2.05) is 18.7 Å². The second-order valence-corrected chi connectivity index (χ2v) is 5.13. The van der Waals surface area contributed by atoms with Gasteiger partial charge in [-0.25, -0.2) is 0 Å². The summed E-state index contributed by atoms with van der Waals surface area (Å²) in [5.41, 5.74) is 5.89. The number of hydrogen-bond acceptors (Lipinski definition) is 2. The molecular formula is C12H25ClN2O. The van der Waals surface area contributed by atoms with Gasteiger partial charge >= 0.3 is 0 Å². The van der Waals surface area contributed by atoms with Gasteiger partial charge in [0.2, 0.25) is 5.91 Å². The summed E-state index contributed by atoms with van der Waals surface area (Å²) < 4.78 is 0. The molecule has 0 radical (unpaired) electrons. The van der Waals surface area contributed by atoms with Gasteiger partial charge in [0.1, 0.15) is 0 Å². The van der Waals surface area contributed by atoms with E-state index >= 15 is 0 Å². The maximum atomic E-state index is 12.0. The number of carbonyl (C=O) groups is 1. The van der Waals surface area contributed by atoms with E-state index in [1.54, 1.807) is 0 Å². The number of hydrogen-bond donors (Lipinski definition) is 1. The van der Waals surface area contributed by atoms with Gasteiger partial charge in [-0.15, -0.1) is 12.4 Å². The Morgan fingerprint density at radius 1 is 1.31 bits per heavy atom. The molecule has 1 aliphatic heterocycles. The molecule has 0 bridgehead atoms. The molecule has 96 valence electrons. The molecular weight excluding hydrogens is 224 g/mol. The second-order valence-electron chi connectivity index (χ2n) is 5.13. The van der Waals surface area contributed by atoms with Crippen molar-refractivity contribution in [2.24, 2.45) is 17.6 Å². The fourth-order valence-corrected chi connectivity index (χ4v) is 1.98. The Kier molecular flexibility index (Phi) is 7.00. The summed E-state index contributed by atoms with van der Waals surface area (Å²) in [6, 6.07) is -0.321. The first kappa shape index (κ1) is 15.7. The van der Waals surface area contributed by atoms with Gasteiger partial charge in [0, 0.05) is 13.1 Å². The van der Waals surface area contributed by atoms with Crippen molar-refractivity contribution < 1.29 is 4.79 Å². The van der Waals surface area contributed by atoms with Crippen LogP contribution in [0.2, 0.25) is 0 Å². The lowest BCUT2D eigenvalue weighted by Crippen LogP contribution is -2.46. The lowest BCUT2D eigenvalue weighted by Gasteiger charge is -2.25. The summed E-state index contributed by atoms with van der Waals surface area (Å²) in [4.78, 5) is 14.0. The average molecular weight is 249 g/mol. The van der Waals surface area contributed by atoms with Crippen LogP contribution in [0.1, 0.15) is 40.0 Å². The van der Waals surface area contributed by atoms with Crippen LogP contribution in [-0.2, 0) is 4.79 Å². The van der Waals surface area contributed by atoms with E-state index in [1.165, 1.54) is 6.42 Å². The molecule has 0 saturated carbocycles. The number of rotatable bonds is 2. The van der Waals surface area contributed by atoms with Gasteiger partial charge in [0.25, 0.3) is 0 Å². The Balaban J connectivity index is 0.00000225. The van der Waals surface area contributed by atoms with Crippen LogP contribution >= 0.6 is 12.4 Å². The zero-order chi connectivity index (χ0) is 11.4. The Bertz CT molecular complexity index is 221. The molecule has 1 rings (SSSR count). The maximum Gasteiger partial charge on any atom is 0.239 e. The molecule has 1 aliphatic rings. The molecule has 0 aromatic rings. The minimum Gasteiger partial charge on any atom is -0.341 e. The monoisotopic (exact) mass is 248 g/mol. The zero-order valence-electron chi connectivity index (χ0n) is 10.6. The average Bonchev–Trinajstić information content (AvgIpc) is 2.40. The van der Waals surface area contributed by atoms with Gasteiger partial charge in [0.15, 0.2) is 0 Å². The van der Waals surface area contributed by atoms with Crippen molar-refractivity contribution in [2.45, 2.75) is 46.1 Å². The predicted octanol–water partition coefficient (Wildman–Crippen LogP) is 2.04. The number of halogens is 1. The maximum absolute atomic E-state index is 12.0. The molecule has 4 heteroatoms. The Morgan fingerprint density at radius 3 is 2.50 bits per heavy atom. The molecule has 2 N–H and O–H groups in total. The highest BCUT2D eigenvalue weighted by molar-refractivity contribution is 5.85. The third-order valence-electron chi connectivity index (χ3n) is 3.33. The third-order valence-corrected chi connectivity index (χ3v) is 3.33. The molecule has 0 spiro atoms. The predicted molar refractivity (Wildman–Crippen MR) is 69.7 cm³/mol. The van der Waals surface area contributed by atoms with E-state index in [0.717, 1.165) is 31.8 Å². The highest BCUT2D eigenvalue weighted by Gasteiger charge is 2.24. The second kappa shape index (κ2) is 7.13. The summed E-state index contributed by atoms with van der Waals surface area (Å²) in [6.45, 7) is 8.05. The van der Waals surface area contributed by atoms with E-state index in [0.29, 0.717) is 0 Å². The SMILES string of the molecule is CC1CCCN(C(=O)[C@H](N)C(C)C)CC1.Cl. The quantitative estimate of drug-likeness (QED) is 0.813. The van der Waals surface area contributed by atoms with Crippen LogP contribution < -0.4 is 5.73 Å². The third kappa shape index (κ3) is 4.30. The number of nitrogens with zero attached hydrogens (tertiary/aromatic N) is 1. The molecule has 0 aromatic carbocycles. The molecule has 1 fully saturated rings. The molecule has 1 saturated heterocycles. The molecule has 0 aromatic heterocycles. The van der Waals surface area contributed by atoms with Crippen molar-refractivity contribution in [3.63, 3.8) is 0 Å². The minimum absolute atomic E-state index is 0. The van der Waals surface area contributed by atoms with Gasteiger partial charge in [-0.05, 0) is 31.1 Å². The number of likely N-dealkylation sites (tertiary alicyclic amines) is 1. The van der Waals surface area contributed by atoms with Crippen LogP contribution in [0.25, 0.3) is 0 Å². The van der Waals surface area contributed by atoms with Gasteiger partial charge in [-0.1, -0.05) is 20.8 Å². The summed E-state index contributed by atoms with van der Waals surface area (Å²) in [5.74, 6) is 1.12. The van der Waals surface area contributed by atoms with Crippen LogP contribution in [-0.4, -0.2) is 29.9 Å². The fourth-order valence-electron chi connectivity index (χ4n) is 1.98. The van der Waals surface area contributed by atoms with Crippen molar-refractivity contribution in [2.75, 3.05) is 13.1 Å². The van der Waals surface area contributed by atoms with Gasteiger partial charge in [-0.3, -0.25) is 4.79 Å². The summed E-state index contributed by atoms with van der Waals surface area (Å²) in [5, 5.41) is 0. The van der Waals surface area contributed by atoms with Crippen LogP contribution in [0.5, 0.6) is 0 Å². The van der Waals surface area contributed by atoms with E-state index in [2.05, 4.69) is 6.92 Å². The number of amides is 1. The standard InChI is InChI=1S/C12H24N2O.ClH/c1-9(2)11(13)12(15)14-7-4-5-10(3)6-8-14;/h9-11H,4-8,13H2,1-3H3;1H/t10?,11-;/m1./s1. The summed E-state index contributed by atoms with van der Waals surface area (Å²) in [7, 11) is 0. The molecule has 1 amide bonds. The first-order valence-electron chi connectivity index (χ1n) is 6.06. The molecule has 0 aliphatic carbocycles. The summed E-state index contributed by atoms with van der Waals surface area (Å²) >= 11 is 0. The normalized spacial score (nSPS) is 23.6. The summed E-state index contributed by atoms with van der Waals surface area (Å²) in [6.07, 6.45) is 3.48. The fraction of sp³-hybridized carbons (Fsp3) is 0.917. The molecule has 16 heavy (non-hydrogen) atoms. The van der Waals surface area contributed by atoms with Crippen LogP contribution in [0.3, 0.4) is 0 Å². The van der Waals surface area contributed by atoms with Crippen LogP contribution in [0, 0.1) is 11.8 Å². The molecule has 3 nitrogen and oxygen atoms in total. The topological polar surface area (TPSA) is 46.3 Å². The molecule has 1 heterocycles. The van der Waals surface area contributed by atoms with Gasteiger partial charge in [-0.2, -0.15) is 0 Å². The number of carbonyl (C=O) groups excluding carboxylic acids is 1. The van der Waals surface area contributed by atoms with E-state index in [9.17, 15) is 4.79 Å². The lowest BCUT2D eigenvalue weighted by molar-refractivity contribution is -0.133. The Morgan fingerprint density at radius 2 is 1.94 bits per heavy atom. The Labute approximate surface area is 105 Å².